The van der Waals surface area contributed by atoms with Crippen LogP contribution in [0.3, 0.4) is 0 Å². The van der Waals surface area contributed by atoms with Gasteiger partial charge in [-0.05, 0) is 38.4 Å². The summed E-state index contributed by atoms with van der Waals surface area (Å²) in [5.74, 6) is 0. The highest BCUT2D eigenvalue weighted by molar-refractivity contribution is 7.85. The lowest BCUT2D eigenvalue weighted by Crippen LogP contribution is -2.35. The molecular formula is C12H16F3NOS. The van der Waals surface area contributed by atoms with Crippen LogP contribution in [0.2, 0.25) is 0 Å². The minimum atomic E-state index is -4.50. The van der Waals surface area contributed by atoms with Crippen molar-refractivity contribution >= 4 is 10.8 Å². The molecule has 0 aliphatic carbocycles. The van der Waals surface area contributed by atoms with Crippen molar-refractivity contribution in [3.63, 3.8) is 0 Å². The summed E-state index contributed by atoms with van der Waals surface area (Å²) in [6.07, 6.45) is -4.83. The Morgan fingerprint density at radius 3 is 2.39 bits per heavy atom. The molecule has 1 aromatic carbocycles. The van der Waals surface area contributed by atoms with Gasteiger partial charge in [-0.2, -0.15) is 13.2 Å². The normalized spacial score (nSPS) is 15.4. The molecule has 0 aromatic heterocycles. The van der Waals surface area contributed by atoms with Crippen LogP contribution in [0.25, 0.3) is 0 Å². The van der Waals surface area contributed by atoms with Crippen molar-refractivity contribution in [3.8, 4) is 0 Å². The maximum atomic E-state index is 12.8. The van der Waals surface area contributed by atoms with Gasteiger partial charge in [0.15, 0.2) is 0 Å². The van der Waals surface area contributed by atoms with Crippen molar-refractivity contribution in [1.29, 1.82) is 0 Å². The van der Waals surface area contributed by atoms with Gasteiger partial charge in [0.25, 0.3) is 0 Å². The molecule has 0 saturated carbocycles. The number of aryl methyl sites for hydroxylation is 2. The molecule has 6 heteroatoms. The Kier molecular flexibility index (Phi) is 4.92. The van der Waals surface area contributed by atoms with Crippen LogP contribution in [0.4, 0.5) is 13.2 Å². The quantitative estimate of drug-likeness (QED) is 0.921. The van der Waals surface area contributed by atoms with Crippen molar-refractivity contribution < 1.29 is 17.4 Å². The zero-order valence-electron chi connectivity index (χ0n) is 10.3. The first-order valence-corrected chi connectivity index (χ1v) is 6.73. The molecular weight excluding hydrogens is 263 g/mol. The van der Waals surface area contributed by atoms with Gasteiger partial charge in [0.05, 0.1) is 10.8 Å². The highest BCUT2D eigenvalue weighted by atomic mass is 32.2. The Morgan fingerprint density at radius 1 is 1.33 bits per heavy atom. The first-order valence-electron chi connectivity index (χ1n) is 5.52. The molecule has 0 heterocycles. The third-order valence-corrected chi connectivity index (χ3v) is 4.51. The minimum Gasteiger partial charge on any atom is -0.330 e. The average molecular weight is 279 g/mol. The highest BCUT2D eigenvalue weighted by Crippen LogP contribution is 2.31. The molecule has 0 spiro atoms. The van der Waals surface area contributed by atoms with E-state index in [0.29, 0.717) is 5.56 Å². The van der Waals surface area contributed by atoms with E-state index in [1.54, 1.807) is 19.1 Å². The maximum Gasteiger partial charge on any atom is 0.403 e. The standard InChI is InChI=1S/C12H16F3NOS/c1-8-3-4-10(9(2)7-8)18(17)11(5-6-16)12(13,14)15/h3-4,7,11H,5-6,16H2,1-2H3. The van der Waals surface area contributed by atoms with Crippen molar-refractivity contribution in [1.82, 2.24) is 0 Å². The van der Waals surface area contributed by atoms with Crippen LogP contribution in [0.15, 0.2) is 23.1 Å². The van der Waals surface area contributed by atoms with Crippen molar-refractivity contribution in [2.45, 2.75) is 36.6 Å². The zero-order valence-corrected chi connectivity index (χ0v) is 11.1. The summed E-state index contributed by atoms with van der Waals surface area (Å²) in [6.45, 7) is 3.36. The minimum absolute atomic E-state index is 0.138. The molecule has 1 aromatic rings. The highest BCUT2D eigenvalue weighted by Gasteiger charge is 2.43. The molecule has 0 amide bonds. The molecule has 18 heavy (non-hydrogen) atoms. The monoisotopic (exact) mass is 279 g/mol. The molecule has 1 rings (SSSR count). The van der Waals surface area contributed by atoms with Gasteiger partial charge >= 0.3 is 6.18 Å². The summed E-state index contributed by atoms with van der Waals surface area (Å²) in [7, 11) is -2.12. The number of halogens is 3. The smallest absolute Gasteiger partial charge is 0.330 e. The summed E-state index contributed by atoms with van der Waals surface area (Å²) in [5, 5.41) is -1.90. The van der Waals surface area contributed by atoms with Crippen molar-refractivity contribution in [2.24, 2.45) is 5.73 Å². The second-order valence-electron chi connectivity index (χ2n) is 4.17. The van der Waals surface area contributed by atoms with Crippen molar-refractivity contribution in [2.75, 3.05) is 6.54 Å². The Bertz CT molecular complexity index is 445. The number of alkyl halides is 3. The van der Waals surface area contributed by atoms with E-state index in [4.69, 9.17) is 5.73 Å². The molecule has 2 N–H and O–H groups in total. The van der Waals surface area contributed by atoms with Gasteiger partial charge in [0.2, 0.25) is 0 Å². The van der Waals surface area contributed by atoms with E-state index in [9.17, 15) is 17.4 Å². The molecule has 2 atom stereocenters. The van der Waals surface area contributed by atoms with Gasteiger partial charge in [-0.15, -0.1) is 0 Å². The molecule has 0 aliphatic rings. The second-order valence-corrected chi connectivity index (χ2v) is 5.78. The van der Waals surface area contributed by atoms with E-state index >= 15 is 0 Å². The van der Waals surface area contributed by atoms with Gasteiger partial charge in [-0.25, -0.2) is 0 Å². The van der Waals surface area contributed by atoms with Crippen molar-refractivity contribution in [3.05, 3.63) is 29.3 Å². The average Bonchev–Trinajstić information content (AvgIpc) is 2.23. The predicted octanol–water partition coefficient (Wildman–Crippen LogP) is 2.69. The Hall–Kier alpha value is -0.880. The topological polar surface area (TPSA) is 43.1 Å². The first kappa shape index (κ1) is 15.2. The van der Waals surface area contributed by atoms with Crippen LogP contribution in [-0.2, 0) is 10.8 Å². The summed E-state index contributed by atoms with van der Waals surface area (Å²) in [6, 6.07) is 4.88. The largest absolute Gasteiger partial charge is 0.403 e. The Morgan fingerprint density at radius 2 is 1.94 bits per heavy atom. The maximum absolute atomic E-state index is 12.8. The molecule has 2 unspecified atom stereocenters. The molecule has 0 aliphatic heterocycles. The summed E-state index contributed by atoms with van der Waals surface area (Å²) in [5.41, 5.74) is 6.71. The van der Waals surface area contributed by atoms with Crippen LogP contribution >= 0.6 is 0 Å². The summed E-state index contributed by atoms with van der Waals surface area (Å²) >= 11 is 0. The predicted molar refractivity (Wildman–Crippen MR) is 65.8 cm³/mol. The fourth-order valence-corrected chi connectivity index (χ4v) is 3.20. The summed E-state index contributed by atoms with van der Waals surface area (Å²) in [4.78, 5) is 0.233. The van der Waals surface area contributed by atoms with Crippen LogP contribution < -0.4 is 5.73 Å². The lowest BCUT2D eigenvalue weighted by atomic mass is 10.2. The van der Waals surface area contributed by atoms with Gasteiger partial charge < -0.3 is 5.73 Å². The van der Waals surface area contributed by atoms with Crippen LogP contribution in [-0.4, -0.2) is 22.2 Å². The molecule has 0 saturated heterocycles. The van der Waals surface area contributed by atoms with E-state index in [0.717, 1.165) is 5.56 Å². The molecule has 102 valence electrons. The third kappa shape index (κ3) is 3.55. The lowest BCUT2D eigenvalue weighted by Gasteiger charge is -2.20. The van der Waals surface area contributed by atoms with Crippen LogP contribution in [0.1, 0.15) is 17.5 Å². The van der Waals surface area contributed by atoms with Gasteiger partial charge in [0.1, 0.15) is 5.25 Å². The molecule has 0 bridgehead atoms. The molecule has 2 nitrogen and oxygen atoms in total. The van der Waals surface area contributed by atoms with E-state index in [1.807, 2.05) is 6.92 Å². The fraction of sp³-hybridized carbons (Fsp3) is 0.500. The first-order chi connectivity index (χ1) is 8.27. The Labute approximate surface area is 107 Å². The SMILES string of the molecule is Cc1ccc(S(=O)C(CCN)C(F)(F)F)c(C)c1. The third-order valence-electron chi connectivity index (χ3n) is 2.60. The fourth-order valence-electron chi connectivity index (χ4n) is 1.72. The van der Waals surface area contributed by atoms with E-state index < -0.39 is 22.2 Å². The number of benzene rings is 1. The van der Waals surface area contributed by atoms with Crippen LogP contribution in [0.5, 0.6) is 0 Å². The van der Waals surface area contributed by atoms with Crippen LogP contribution in [0, 0.1) is 13.8 Å². The lowest BCUT2D eigenvalue weighted by molar-refractivity contribution is -0.130. The van der Waals surface area contributed by atoms with E-state index in [2.05, 4.69) is 0 Å². The van der Waals surface area contributed by atoms with Gasteiger partial charge in [0, 0.05) is 4.90 Å². The Balaban J connectivity index is 3.10. The number of nitrogens with two attached hydrogens (primary N) is 1. The molecule has 0 radical (unpaired) electrons. The van der Waals surface area contributed by atoms with Gasteiger partial charge in [-0.3, -0.25) is 4.21 Å². The second kappa shape index (κ2) is 5.84. The number of hydrogen-bond donors (Lipinski definition) is 1. The summed E-state index contributed by atoms with van der Waals surface area (Å²) < 4.78 is 50.5. The van der Waals surface area contributed by atoms with E-state index in [1.165, 1.54) is 6.07 Å². The number of hydrogen-bond acceptors (Lipinski definition) is 2. The van der Waals surface area contributed by atoms with E-state index in [-0.39, 0.29) is 17.9 Å². The zero-order chi connectivity index (χ0) is 13.9. The van der Waals surface area contributed by atoms with Gasteiger partial charge in [-0.1, -0.05) is 17.7 Å². The molecule has 0 fully saturated rings. The number of rotatable bonds is 4.